The van der Waals surface area contributed by atoms with Crippen molar-refractivity contribution in [3.05, 3.63) is 34.6 Å². The average molecular weight is 289 g/mol. The maximum absolute atomic E-state index is 13.4. The number of halogens is 2. The summed E-state index contributed by atoms with van der Waals surface area (Å²) in [6.45, 7) is 3.92. The van der Waals surface area contributed by atoms with Gasteiger partial charge in [0, 0.05) is 5.33 Å². The molecule has 1 aromatic carbocycles. The summed E-state index contributed by atoms with van der Waals surface area (Å²) in [5, 5.41) is 0.439. The fraction of sp³-hybridized carbons (Fsp3) is 0.417. The molecule has 0 atom stereocenters. The molecule has 0 heterocycles. The number of hydrogen-bond acceptors (Lipinski definition) is 2. The van der Waals surface area contributed by atoms with Crippen molar-refractivity contribution < 1.29 is 13.9 Å². The Balaban J connectivity index is 2.91. The third kappa shape index (κ3) is 3.30. The summed E-state index contributed by atoms with van der Waals surface area (Å²) in [6.07, 6.45) is 0.194. The molecule has 0 saturated carbocycles. The fourth-order valence-corrected chi connectivity index (χ4v) is 1.86. The van der Waals surface area contributed by atoms with Crippen molar-refractivity contribution in [2.45, 2.75) is 25.6 Å². The molecule has 0 aliphatic heterocycles. The van der Waals surface area contributed by atoms with Crippen LogP contribution in [0.15, 0.2) is 12.1 Å². The Kier molecular flexibility index (Phi) is 4.93. The van der Waals surface area contributed by atoms with Crippen LogP contribution in [0.4, 0.5) is 4.39 Å². The molecular formula is C12H14BrFO2. The number of aryl methyl sites for hydroxylation is 1. The smallest absolute Gasteiger partial charge is 0.310 e. The van der Waals surface area contributed by atoms with E-state index in [1.165, 1.54) is 6.07 Å². The van der Waals surface area contributed by atoms with Gasteiger partial charge in [-0.05, 0) is 36.6 Å². The zero-order chi connectivity index (χ0) is 12.1. The SMILES string of the molecule is CCOC(=O)Cc1cc(CBr)c(F)cc1C. The van der Waals surface area contributed by atoms with Gasteiger partial charge >= 0.3 is 5.97 Å². The van der Waals surface area contributed by atoms with Gasteiger partial charge in [-0.15, -0.1) is 0 Å². The van der Waals surface area contributed by atoms with Gasteiger partial charge in [-0.25, -0.2) is 4.39 Å². The number of hydrogen-bond donors (Lipinski definition) is 0. The topological polar surface area (TPSA) is 26.3 Å². The van der Waals surface area contributed by atoms with Crippen molar-refractivity contribution in [3.63, 3.8) is 0 Å². The van der Waals surface area contributed by atoms with Gasteiger partial charge < -0.3 is 4.74 Å². The number of carbonyl (C=O) groups is 1. The number of ether oxygens (including phenoxy) is 1. The number of esters is 1. The lowest BCUT2D eigenvalue weighted by Crippen LogP contribution is -2.09. The summed E-state index contributed by atoms with van der Waals surface area (Å²) in [6, 6.07) is 3.15. The van der Waals surface area contributed by atoms with E-state index < -0.39 is 0 Å². The first-order valence-electron chi connectivity index (χ1n) is 5.08. The molecule has 0 aliphatic carbocycles. The molecule has 0 radical (unpaired) electrons. The molecule has 0 fully saturated rings. The molecule has 1 rings (SSSR count). The van der Waals surface area contributed by atoms with E-state index in [-0.39, 0.29) is 18.2 Å². The standard InChI is InChI=1S/C12H14BrFO2/c1-3-16-12(15)6-9-5-10(7-13)11(14)4-8(9)2/h4-5H,3,6-7H2,1-2H3. The van der Waals surface area contributed by atoms with Crippen LogP contribution in [0.3, 0.4) is 0 Å². The van der Waals surface area contributed by atoms with Gasteiger partial charge in [0.05, 0.1) is 13.0 Å². The molecular weight excluding hydrogens is 275 g/mol. The minimum Gasteiger partial charge on any atom is -0.466 e. The molecule has 0 aliphatic rings. The van der Waals surface area contributed by atoms with Gasteiger partial charge in [-0.1, -0.05) is 22.0 Å². The summed E-state index contributed by atoms with van der Waals surface area (Å²) in [7, 11) is 0. The Morgan fingerprint density at radius 2 is 2.12 bits per heavy atom. The third-order valence-corrected chi connectivity index (χ3v) is 2.89. The highest BCUT2D eigenvalue weighted by atomic mass is 79.9. The molecule has 0 saturated heterocycles. The maximum atomic E-state index is 13.4. The molecule has 1 aromatic rings. The Bertz CT molecular complexity index is 391. The van der Waals surface area contributed by atoms with Crippen molar-refractivity contribution in [3.8, 4) is 0 Å². The summed E-state index contributed by atoms with van der Waals surface area (Å²) in [5.41, 5.74) is 2.15. The second-order valence-corrected chi connectivity index (χ2v) is 4.05. The second-order valence-electron chi connectivity index (χ2n) is 3.49. The van der Waals surface area contributed by atoms with Crippen molar-refractivity contribution in [2.24, 2.45) is 0 Å². The minimum absolute atomic E-state index is 0.194. The van der Waals surface area contributed by atoms with Crippen LogP contribution in [-0.4, -0.2) is 12.6 Å². The molecule has 0 N–H and O–H groups in total. The monoisotopic (exact) mass is 288 g/mol. The van der Waals surface area contributed by atoms with Gasteiger partial charge in [0.25, 0.3) is 0 Å². The normalized spacial score (nSPS) is 10.2. The number of benzene rings is 1. The summed E-state index contributed by atoms with van der Waals surface area (Å²) >= 11 is 3.21. The molecule has 16 heavy (non-hydrogen) atoms. The van der Waals surface area contributed by atoms with Gasteiger partial charge in [0.2, 0.25) is 0 Å². The van der Waals surface area contributed by atoms with Crippen LogP contribution in [0.5, 0.6) is 0 Å². The lowest BCUT2D eigenvalue weighted by molar-refractivity contribution is -0.142. The van der Waals surface area contributed by atoms with Crippen molar-refractivity contribution >= 4 is 21.9 Å². The lowest BCUT2D eigenvalue weighted by Gasteiger charge is -2.08. The Morgan fingerprint density at radius 1 is 1.44 bits per heavy atom. The molecule has 0 bridgehead atoms. The van der Waals surface area contributed by atoms with E-state index in [2.05, 4.69) is 15.9 Å². The Morgan fingerprint density at radius 3 is 2.69 bits per heavy atom. The molecule has 0 aromatic heterocycles. The van der Waals surface area contributed by atoms with Crippen LogP contribution in [0, 0.1) is 12.7 Å². The van der Waals surface area contributed by atoms with E-state index in [0.29, 0.717) is 17.5 Å². The fourth-order valence-electron chi connectivity index (χ4n) is 1.43. The zero-order valence-electron chi connectivity index (χ0n) is 9.35. The third-order valence-electron chi connectivity index (χ3n) is 2.29. The van der Waals surface area contributed by atoms with Crippen molar-refractivity contribution in [1.29, 1.82) is 0 Å². The van der Waals surface area contributed by atoms with E-state index in [1.54, 1.807) is 19.9 Å². The molecule has 0 spiro atoms. The quantitative estimate of drug-likeness (QED) is 0.629. The van der Waals surface area contributed by atoms with Crippen molar-refractivity contribution in [1.82, 2.24) is 0 Å². The largest absolute Gasteiger partial charge is 0.466 e. The first-order chi connectivity index (χ1) is 7.58. The first kappa shape index (κ1) is 13.2. The van der Waals surface area contributed by atoms with E-state index in [9.17, 15) is 9.18 Å². The van der Waals surface area contributed by atoms with Crippen LogP contribution in [0.2, 0.25) is 0 Å². The van der Waals surface area contributed by atoms with Gasteiger partial charge in [0.1, 0.15) is 5.82 Å². The van der Waals surface area contributed by atoms with Gasteiger partial charge in [-0.2, -0.15) is 0 Å². The molecule has 88 valence electrons. The van der Waals surface area contributed by atoms with Crippen LogP contribution in [-0.2, 0) is 21.3 Å². The van der Waals surface area contributed by atoms with Crippen LogP contribution >= 0.6 is 15.9 Å². The van der Waals surface area contributed by atoms with E-state index in [4.69, 9.17) is 4.74 Å². The van der Waals surface area contributed by atoms with Crippen LogP contribution < -0.4 is 0 Å². The second kappa shape index (κ2) is 5.99. The lowest BCUT2D eigenvalue weighted by atomic mass is 10.0. The van der Waals surface area contributed by atoms with E-state index >= 15 is 0 Å². The predicted octanol–water partition coefficient (Wildman–Crippen LogP) is 3.13. The zero-order valence-corrected chi connectivity index (χ0v) is 10.9. The van der Waals surface area contributed by atoms with Gasteiger partial charge in [-0.3, -0.25) is 4.79 Å². The van der Waals surface area contributed by atoms with Crippen molar-refractivity contribution in [2.75, 3.05) is 6.61 Å². The number of rotatable bonds is 4. The van der Waals surface area contributed by atoms with E-state index in [1.807, 2.05) is 0 Å². The van der Waals surface area contributed by atoms with Gasteiger partial charge in [0.15, 0.2) is 0 Å². The minimum atomic E-state index is -0.280. The van der Waals surface area contributed by atoms with Crippen LogP contribution in [0.1, 0.15) is 23.6 Å². The molecule has 4 heteroatoms. The highest BCUT2D eigenvalue weighted by molar-refractivity contribution is 9.08. The summed E-state index contributed by atoms with van der Waals surface area (Å²) < 4.78 is 18.2. The summed E-state index contributed by atoms with van der Waals surface area (Å²) in [4.78, 5) is 11.3. The Labute approximate surface area is 103 Å². The average Bonchev–Trinajstić information content (AvgIpc) is 2.22. The molecule has 0 amide bonds. The molecule has 2 nitrogen and oxygen atoms in total. The summed E-state index contributed by atoms with van der Waals surface area (Å²) in [5.74, 6) is -0.528. The van der Waals surface area contributed by atoms with Crippen LogP contribution in [0.25, 0.3) is 0 Å². The highest BCUT2D eigenvalue weighted by Gasteiger charge is 2.10. The number of carbonyl (C=O) groups excluding carboxylic acids is 1. The predicted molar refractivity (Wildman–Crippen MR) is 64.1 cm³/mol. The Hall–Kier alpha value is -0.900. The molecule has 0 unspecified atom stereocenters. The maximum Gasteiger partial charge on any atom is 0.310 e. The highest BCUT2D eigenvalue weighted by Crippen LogP contribution is 2.18. The first-order valence-corrected chi connectivity index (χ1v) is 6.20. The number of alkyl halides is 1. The van der Waals surface area contributed by atoms with E-state index in [0.717, 1.165) is 11.1 Å².